The molecule has 19 rings (SSSR count). The molecule has 0 atom stereocenters. The number of amides is 1. The van der Waals surface area contributed by atoms with E-state index in [0.29, 0.717) is 203 Å². The molecule has 6 aromatic rings. The summed E-state index contributed by atoms with van der Waals surface area (Å²) in [5.41, 5.74) is 30.3. The number of hydrogen-bond acceptors (Lipinski definition) is 31. The smallest absolute Gasteiger partial charge is 0.219 e. The van der Waals surface area contributed by atoms with Crippen LogP contribution in [0, 0.1) is 34.9 Å². The Morgan fingerprint density at radius 1 is 0.366 bits per heavy atom. The lowest BCUT2D eigenvalue weighted by Crippen LogP contribution is -2.52. The second-order valence-electron chi connectivity index (χ2n) is 34.7. The van der Waals surface area contributed by atoms with Gasteiger partial charge < -0.3 is 81.1 Å². The third-order valence-electron chi connectivity index (χ3n) is 25.3. The lowest BCUT2D eigenvalue weighted by Gasteiger charge is -2.35. The fourth-order valence-corrected chi connectivity index (χ4v) is 18.5. The van der Waals surface area contributed by atoms with Crippen LogP contribution >= 0.6 is 73.3 Å². The highest BCUT2D eigenvalue weighted by molar-refractivity contribution is 7.81. The number of aliphatic hydroxyl groups is 1. The van der Waals surface area contributed by atoms with Crippen molar-refractivity contribution in [3.63, 3.8) is 0 Å². The summed E-state index contributed by atoms with van der Waals surface area (Å²) in [7, 11) is 0. The number of thiocarbonyl (C=S) groups is 6. The number of fused-ring (bicyclic) bond motifs is 6. The van der Waals surface area contributed by atoms with Crippen LogP contribution < -0.4 is 64.5 Å². The molecule has 0 bridgehead atoms. The van der Waals surface area contributed by atoms with E-state index in [0.717, 1.165) is 191 Å². The molecule has 1 amide bonds. The van der Waals surface area contributed by atoms with Crippen LogP contribution in [-0.2, 0) is 4.79 Å². The van der Waals surface area contributed by atoms with Crippen molar-refractivity contribution in [1.82, 2.24) is 121 Å². The van der Waals surface area contributed by atoms with E-state index < -0.39 is 0 Å². The maximum absolute atomic E-state index is 13.3. The number of β-amino-alcohol motifs (C(OH)–C–C–N with tert-alkyl or cyclic N) is 1. The lowest BCUT2D eigenvalue weighted by molar-refractivity contribution is -0.130. The number of rotatable bonds is 13. The molecule has 18 heterocycles. The number of pyridine rings is 6. The number of likely N-dealkylation sites (N-methyl/N-ethyl adjacent to an activating group) is 1. The van der Waals surface area contributed by atoms with Gasteiger partial charge in [-0.2, -0.15) is 30.6 Å². The number of aliphatic hydroxyl groups excluding tert-OH is 1. The van der Waals surface area contributed by atoms with Crippen LogP contribution in [-0.4, -0.2) is 400 Å². The molecule has 13 N–H and O–H groups in total. The monoisotopic (exact) mass is 2070 g/mol. The minimum Gasteiger partial charge on any atom is -0.395 e. The molecule has 762 valence electrons. The van der Waals surface area contributed by atoms with Gasteiger partial charge in [0, 0.05) is 297 Å². The summed E-state index contributed by atoms with van der Waals surface area (Å²) in [5.74, 6) is -2.10. The molecule has 38 nitrogen and oxygen atoms in total. The van der Waals surface area contributed by atoms with Crippen LogP contribution in [0.1, 0.15) is 99.4 Å². The third-order valence-corrected chi connectivity index (χ3v) is 27.4. The van der Waals surface area contributed by atoms with Gasteiger partial charge in [0.15, 0.2) is 30.7 Å². The van der Waals surface area contributed by atoms with E-state index >= 15 is 0 Å². The van der Waals surface area contributed by atoms with Gasteiger partial charge in [-0.05, 0) is 98.9 Å². The molecular weight excluding hydrogens is 1950 g/mol. The summed E-state index contributed by atoms with van der Waals surface area (Å²) < 4.78 is 91.9. The molecule has 1 aliphatic carbocycles. The normalized spacial score (nSPS) is 20.1. The van der Waals surface area contributed by atoms with Crippen LogP contribution in [0.3, 0.4) is 0 Å². The Morgan fingerprint density at radius 2 is 0.592 bits per heavy atom. The molecule has 0 aromatic carbocycles. The predicted molar refractivity (Wildman–Crippen MR) is 564 cm³/mol. The summed E-state index contributed by atoms with van der Waals surface area (Å²) in [6.45, 7) is 34.2. The molecule has 1 saturated carbocycles. The molecule has 51 heteroatoms. The highest BCUT2D eigenvalue weighted by Gasteiger charge is 2.34. The first-order valence-electron chi connectivity index (χ1n) is 47.7. The fraction of sp³-hybridized carbons (Fsp3) is 0.505. The van der Waals surface area contributed by atoms with E-state index in [4.69, 9.17) is 78.4 Å². The zero-order valence-corrected chi connectivity index (χ0v) is 84.3. The number of nitrogens with zero attached hydrogens (tertiary/aromatic N) is 24. The van der Waals surface area contributed by atoms with Crippen LogP contribution in [0.15, 0.2) is 117 Å². The lowest BCUT2D eigenvalue weighted by atomic mass is 10.1. The second-order valence-corrected chi connectivity index (χ2v) is 37.0. The Bertz CT molecular complexity index is 5490. The van der Waals surface area contributed by atoms with Crippen LogP contribution in [0.25, 0.3) is 0 Å². The quantitative estimate of drug-likeness (QED) is 0.0346. The van der Waals surface area contributed by atoms with Crippen molar-refractivity contribution in [2.75, 3.05) is 261 Å². The fourth-order valence-electron chi connectivity index (χ4n) is 17.1. The van der Waals surface area contributed by atoms with Crippen molar-refractivity contribution in [2.24, 2.45) is 30.6 Å². The molecular formula is C91H121F7N36O2S6. The SMILES string of the molecule is C=CN1CCN(C(=S)N/N=C2/CCNc3cc(F)cnc32)CC1.CC(=O)N1CCN(C(=S)N/N=C2/CCNc3cc(F)cnc32)CC1.CCN1CCN(C(=S)N/N=C2/CCNc3cc(F)cnc32)CC1.FCCN1CCN(C(=S)N/N=C2/CCNc3cc(F)cnc32)CC1.Fc1cnc2c(c1)NCC/C2=N/NC(=S)N1CCN(C2CC2)CC1.OCCN1CCN(C(=S)N/N=C2/CCNc3cc(F)cnc32)CC1. The largest absolute Gasteiger partial charge is 0.395 e. The first-order valence-corrected chi connectivity index (χ1v) is 50.2. The van der Waals surface area contributed by atoms with Gasteiger partial charge in [0.2, 0.25) is 5.91 Å². The molecule has 0 radical (unpaired) electrons. The number of anilines is 6. The highest BCUT2D eigenvalue weighted by Crippen LogP contribution is 2.30. The van der Waals surface area contributed by atoms with Gasteiger partial charge in [-0.15, -0.1) is 0 Å². The summed E-state index contributed by atoms with van der Waals surface area (Å²) in [5, 5.41) is 57.6. The molecule has 13 aliphatic rings. The highest BCUT2D eigenvalue weighted by atomic mass is 32.1. The predicted octanol–water partition coefficient (Wildman–Crippen LogP) is 6.23. The third kappa shape index (κ3) is 30.4. The first kappa shape index (κ1) is 106. The topological polar surface area (TPSA) is 372 Å². The van der Waals surface area contributed by atoms with E-state index in [1.165, 1.54) is 86.4 Å². The Labute approximate surface area is 853 Å². The standard InChI is InChI=1S/C16H21FN6S.C15H20F2N6S.C15H19FN6OS.C15H21FN6OS.C15H21FN6S.C15H19FN6S/c17-11-9-14-15(19-10-11)13(3-4-18-14)20-21-16(24)23-7-5-22(6-8-23)12-1-2-12;16-2-4-22-5-7-23(8-6-22)15(24)21-20-12-1-3-18-13-9-11(17)10-19-14(12)13;1-10(23)21-4-6-22(7-5-21)15(24)20-19-12-2-3-17-13-8-11(16)9-18-14(12)13;16-11-9-13-14(18-10-11)12(1-2-17-13)19-20-15(24)22-5-3-21(4-6-22)7-8-23;2*1-2-21-5-7-22(8-6-21)15(23)20-19-12-3-4-17-13-9-11(16)10-18-14(12)13/h9-10,12,18H,1-8H2,(H,21,24);9-10,18H,1-8H2,(H,21,24);8-9,17H,2-7H2,1H3,(H,20,24);9-10,17,23H,1-8H2,(H,20,24);9-10,17H,2-8H2,1H3,(H,20,23);2,9-10,17H,1,3-8H2,(H,20,23)/b20-13-;20-12-;4*19-12-. The van der Waals surface area contributed by atoms with Crippen LogP contribution in [0.2, 0.25) is 0 Å². The number of piperazine rings is 6. The van der Waals surface area contributed by atoms with Crippen molar-refractivity contribution in [3.8, 4) is 0 Å². The Kier molecular flexibility index (Phi) is 39.5. The zero-order valence-electron chi connectivity index (χ0n) is 79.4. The summed E-state index contributed by atoms with van der Waals surface area (Å²) in [6.07, 6.45) is 16.0. The summed E-state index contributed by atoms with van der Waals surface area (Å²) >= 11 is 32.5. The first-order chi connectivity index (χ1) is 68.9. The van der Waals surface area contributed by atoms with E-state index in [9.17, 15) is 35.5 Å². The van der Waals surface area contributed by atoms with Crippen molar-refractivity contribution in [2.45, 2.75) is 71.3 Å². The number of hydrazone groups is 6. The molecule has 6 saturated heterocycles. The van der Waals surface area contributed by atoms with Crippen LogP contribution in [0.5, 0.6) is 0 Å². The number of halogens is 7. The second kappa shape index (κ2) is 53.0. The maximum Gasteiger partial charge on any atom is 0.219 e. The summed E-state index contributed by atoms with van der Waals surface area (Å²) in [6, 6.07) is 9.40. The van der Waals surface area contributed by atoms with Gasteiger partial charge >= 0.3 is 0 Å². The van der Waals surface area contributed by atoms with Gasteiger partial charge in [-0.1, -0.05) is 13.5 Å². The molecule has 6 aromatic heterocycles. The molecule has 12 aliphatic heterocycles. The van der Waals surface area contributed by atoms with Crippen molar-refractivity contribution in [3.05, 3.63) is 155 Å². The Morgan fingerprint density at radius 3 is 0.817 bits per heavy atom. The van der Waals surface area contributed by atoms with Crippen molar-refractivity contribution in [1.29, 1.82) is 0 Å². The van der Waals surface area contributed by atoms with E-state index in [1.54, 1.807) is 11.8 Å². The van der Waals surface area contributed by atoms with E-state index in [1.807, 2.05) is 16.0 Å². The molecule has 142 heavy (non-hydrogen) atoms. The molecule has 0 unspecified atom stereocenters. The minimum atomic E-state index is -0.380. The number of alkyl halides is 1. The van der Waals surface area contributed by atoms with Crippen LogP contribution in [0.4, 0.5) is 64.9 Å². The Hall–Kier alpha value is -11.8. The number of carbonyl (C=O) groups is 1. The van der Waals surface area contributed by atoms with Crippen molar-refractivity contribution >= 4 is 178 Å². The Balaban J connectivity index is 0.000000135. The zero-order chi connectivity index (χ0) is 100.0. The summed E-state index contributed by atoms with van der Waals surface area (Å²) in [4.78, 5) is 61.7. The van der Waals surface area contributed by atoms with Crippen molar-refractivity contribution < 1.29 is 40.6 Å². The number of hydrogen-bond donors (Lipinski definition) is 13. The van der Waals surface area contributed by atoms with Gasteiger partial charge in [0.05, 0.1) is 112 Å². The number of aromatic nitrogens is 6. The molecule has 7 fully saturated rings. The minimum absolute atomic E-state index is 0.0818. The van der Waals surface area contributed by atoms with E-state index in [-0.39, 0.29) is 54.1 Å². The van der Waals surface area contributed by atoms with Gasteiger partial charge in [0.25, 0.3) is 0 Å². The maximum atomic E-state index is 13.3. The average Bonchev–Trinajstić information content (AvgIpc) is 1.15. The number of nitrogens with one attached hydrogen (secondary N) is 12. The van der Waals surface area contributed by atoms with Gasteiger partial charge in [0.1, 0.15) is 75.7 Å². The van der Waals surface area contributed by atoms with Gasteiger partial charge in [-0.25, -0.2) is 60.6 Å². The van der Waals surface area contributed by atoms with Gasteiger partial charge in [-0.3, -0.25) is 52.0 Å². The van der Waals surface area contributed by atoms with E-state index in [2.05, 4.69) is 183 Å². The number of carbonyl (C=O) groups excluding carboxylic acids is 1. The molecule has 0 spiro atoms. The average molecular weight is 2080 g/mol.